The molecule has 2 aliphatic rings. The number of anilines is 2. The average Bonchev–Trinajstić information content (AvgIpc) is 3.41. The molecule has 0 unspecified atom stereocenters. The Hall–Kier alpha value is -2.92. The summed E-state index contributed by atoms with van der Waals surface area (Å²) < 4.78 is 66.1. The zero-order valence-electron chi connectivity index (χ0n) is 17.7. The van der Waals surface area contributed by atoms with E-state index in [2.05, 4.69) is 5.32 Å². The van der Waals surface area contributed by atoms with Crippen molar-refractivity contribution < 1.29 is 31.2 Å². The van der Waals surface area contributed by atoms with Gasteiger partial charge in [0.15, 0.2) is 0 Å². The molecule has 2 aromatic carbocycles. The van der Waals surface area contributed by atoms with E-state index in [0.29, 0.717) is 24.3 Å². The van der Waals surface area contributed by atoms with Gasteiger partial charge in [-0.25, -0.2) is 8.42 Å². The third-order valence-corrected chi connectivity index (χ3v) is 7.73. The first-order valence-electron chi connectivity index (χ1n) is 10.4. The van der Waals surface area contributed by atoms with Gasteiger partial charge in [-0.1, -0.05) is 6.07 Å². The summed E-state index contributed by atoms with van der Waals surface area (Å²) in [5.41, 5.74) is -0.0384. The molecule has 0 aromatic heterocycles. The molecular formula is C22H22F3N3O4S. The summed E-state index contributed by atoms with van der Waals surface area (Å²) in [5.74, 6) is -1.10. The normalized spacial score (nSPS) is 18.9. The number of hydrogen-bond donors (Lipinski definition) is 1. The summed E-state index contributed by atoms with van der Waals surface area (Å²) in [6, 6.07) is 7.58. The van der Waals surface area contributed by atoms with Crippen LogP contribution in [0.4, 0.5) is 24.5 Å². The summed E-state index contributed by atoms with van der Waals surface area (Å²) in [6.07, 6.45) is -2.93. The third-order valence-electron chi connectivity index (χ3n) is 5.84. The van der Waals surface area contributed by atoms with Gasteiger partial charge in [0, 0.05) is 37.8 Å². The van der Waals surface area contributed by atoms with Crippen molar-refractivity contribution in [2.45, 2.75) is 43.3 Å². The van der Waals surface area contributed by atoms with Crippen molar-refractivity contribution in [3.05, 3.63) is 53.6 Å². The van der Waals surface area contributed by atoms with Crippen LogP contribution in [-0.2, 0) is 32.2 Å². The quantitative estimate of drug-likeness (QED) is 0.725. The van der Waals surface area contributed by atoms with Crippen molar-refractivity contribution >= 4 is 33.2 Å². The Balaban J connectivity index is 1.60. The molecule has 2 aromatic rings. The molecule has 0 spiro atoms. The maximum atomic E-state index is 13.0. The number of nitrogens with zero attached hydrogens (tertiary/aromatic N) is 2. The Morgan fingerprint density at radius 3 is 2.39 bits per heavy atom. The second-order valence-corrected chi connectivity index (χ2v) is 10.0. The molecular weight excluding hydrogens is 459 g/mol. The van der Waals surface area contributed by atoms with E-state index in [4.69, 9.17) is 0 Å². The molecule has 11 heteroatoms. The fourth-order valence-corrected chi connectivity index (χ4v) is 5.83. The van der Waals surface area contributed by atoms with Crippen molar-refractivity contribution in [2.24, 2.45) is 0 Å². The van der Waals surface area contributed by atoms with Crippen LogP contribution in [0, 0.1) is 0 Å². The van der Waals surface area contributed by atoms with E-state index < -0.39 is 39.6 Å². The summed E-state index contributed by atoms with van der Waals surface area (Å²) >= 11 is 0. The SMILES string of the molecule is CC(=O)N1c2ccc(S(=O)(=O)N3CCCC3)cc2C[C@@H]1C(=O)Nc1cccc(C(F)(F)F)c1. The molecule has 7 nitrogen and oxygen atoms in total. The van der Waals surface area contributed by atoms with Gasteiger partial charge in [0.2, 0.25) is 21.8 Å². The number of nitrogens with one attached hydrogen (secondary N) is 1. The molecule has 4 rings (SSSR count). The van der Waals surface area contributed by atoms with Gasteiger partial charge in [-0.05, 0) is 54.8 Å². The lowest BCUT2D eigenvalue weighted by atomic mass is 10.1. The minimum Gasteiger partial charge on any atom is -0.324 e. The van der Waals surface area contributed by atoms with Gasteiger partial charge in [-0.15, -0.1) is 0 Å². The molecule has 0 bridgehead atoms. The predicted molar refractivity (Wildman–Crippen MR) is 115 cm³/mol. The number of carbonyl (C=O) groups excluding carboxylic acids is 2. The number of halogens is 3. The lowest BCUT2D eigenvalue weighted by Crippen LogP contribution is -2.44. The minimum atomic E-state index is -4.56. The monoisotopic (exact) mass is 481 g/mol. The Kier molecular flexibility index (Phi) is 5.95. The topological polar surface area (TPSA) is 86.8 Å². The number of hydrogen-bond acceptors (Lipinski definition) is 4. The first kappa shape index (κ1) is 23.2. The van der Waals surface area contributed by atoms with Crippen molar-refractivity contribution in [3.8, 4) is 0 Å². The second kappa shape index (κ2) is 8.45. The molecule has 2 aliphatic heterocycles. The maximum Gasteiger partial charge on any atom is 0.416 e. The largest absolute Gasteiger partial charge is 0.416 e. The van der Waals surface area contributed by atoms with Crippen LogP contribution < -0.4 is 10.2 Å². The molecule has 1 saturated heterocycles. The van der Waals surface area contributed by atoms with Gasteiger partial charge < -0.3 is 5.32 Å². The van der Waals surface area contributed by atoms with Crippen LogP contribution in [0.1, 0.15) is 30.9 Å². The Morgan fingerprint density at radius 2 is 1.76 bits per heavy atom. The highest BCUT2D eigenvalue weighted by molar-refractivity contribution is 7.89. The first-order valence-corrected chi connectivity index (χ1v) is 11.8. The predicted octanol–water partition coefficient (Wildman–Crippen LogP) is 3.41. The van der Waals surface area contributed by atoms with Gasteiger partial charge in [-0.2, -0.15) is 17.5 Å². The zero-order valence-corrected chi connectivity index (χ0v) is 18.5. The fraction of sp³-hybridized carbons (Fsp3) is 0.364. The van der Waals surface area contributed by atoms with Gasteiger partial charge in [-0.3, -0.25) is 14.5 Å². The molecule has 2 amide bonds. The van der Waals surface area contributed by atoms with Crippen molar-refractivity contribution in [1.29, 1.82) is 0 Å². The van der Waals surface area contributed by atoms with Crippen molar-refractivity contribution in [3.63, 3.8) is 0 Å². The first-order chi connectivity index (χ1) is 15.5. The molecule has 176 valence electrons. The van der Waals surface area contributed by atoms with Crippen LogP contribution in [0.2, 0.25) is 0 Å². The Bertz CT molecular complexity index is 1210. The summed E-state index contributed by atoms with van der Waals surface area (Å²) in [4.78, 5) is 26.6. The average molecular weight is 481 g/mol. The molecule has 0 aliphatic carbocycles. The molecule has 33 heavy (non-hydrogen) atoms. The lowest BCUT2D eigenvalue weighted by molar-refractivity contribution is -0.137. The van der Waals surface area contributed by atoms with Crippen LogP contribution in [0.5, 0.6) is 0 Å². The minimum absolute atomic E-state index is 0.0447. The molecule has 1 atom stereocenters. The lowest BCUT2D eigenvalue weighted by Gasteiger charge is -2.23. The van der Waals surface area contributed by atoms with Crippen molar-refractivity contribution in [2.75, 3.05) is 23.3 Å². The van der Waals surface area contributed by atoms with Crippen LogP contribution >= 0.6 is 0 Å². The molecule has 0 saturated carbocycles. The highest BCUT2D eigenvalue weighted by Gasteiger charge is 2.39. The van der Waals surface area contributed by atoms with Gasteiger partial charge in [0.05, 0.1) is 10.5 Å². The number of fused-ring (bicyclic) bond motifs is 1. The highest BCUT2D eigenvalue weighted by atomic mass is 32.2. The number of benzene rings is 2. The summed E-state index contributed by atoms with van der Waals surface area (Å²) in [7, 11) is -3.68. The number of carbonyl (C=O) groups is 2. The number of alkyl halides is 3. The van der Waals surface area contributed by atoms with Gasteiger partial charge in [0.1, 0.15) is 6.04 Å². The molecule has 1 N–H and O–H groups in total. The van der Waals surface area contributed by atoms with E-state index in [9.17, 15) is 31.2 Å². The van der Waals surface area contributed by atoms with Gasteiger partial charge in [0.25, 0.3) is 0 Å². The van der Waals surface area contributed by atoms with Crippen molar-refractivity contribution in [1.82, 2.24) is 4.31 Å². The van der Waals surface area contributed by atoms with E-state index in [1.807, 2.05) is 0 Å². The number of rotatable bonds is 4. The summed E-state index contributed by atoms with van der Waals surface area (Å²) in [6.45, 7) is 2.16. The highest BCUT2D eigenvalue weighted by Crippen LogP contribution is 2.36. The molecule has 1 fully saturated rings. The van der Waals surface area contributed by atoms with Crippen LogP contribution in [-0.4, -0.2) is 43.7 Å². The van der Waals surface area contributed by atoms with Gasteiger partial charge >= 0.3 is 6.18 Å². The standard InChI is InChI=1S/C22H22F3N3O4S/c1-14(29)28-19-8-7-18(33(31,32)27-9-2-3-10-27)11-15(19)12-20(28)21(30)26-17-6-4-5-16(13-17)22(23,24)25/h4-8,11,13,20H,2-3,9-10,12H2,1H3,(H,26,30)/t20-/m1/s1. The van der Waals surface area contributed by atoms with E-state index >= 15 is 0 Å². The maximum absolute atomic E-state index is 13.0. The second-order valence-electron chi connectivity index (χ2n) is 8.08. The Morgan fingerprint density at radius 1 is 1.06 bits per heavy atom. The van der Waals surface area contributed by atoms with Crippen LogP contribution in [0.25, 0.3) is 0 Å². The summed E-state index contributed by atoms with van der Waals surface area (Å²) in [5, 5.41) is 2.45. The molecule has 0 radical (unpaired) electrons. The fourth-order valence-electron chi connectivity index (χ4n) is 4.26. The van der Waals surface area contributed by atoms with Crippen LogP contribution in [0.15, 0.2) is 47.4 Å². The molecule has 2 heterocycles. The van der Waals surface area contributed by atoms with E-state index in [1.165, 1.54) is 46.5 Å². The van der Waals surface area contributed by atoms with E-state index in [-0.39, 0.29) is 17.0 Å². The third kappa shape index (κ3) is 4.47. The van der Waals surface area contributed by atoms with E-state index in [1.54, 1.807) is 0 Å². The van der Waals surface area contributed by atoms with E-state index in [0.717, 1.165) is 25.0 Å². The van der Waals surface area contributed by atoms with Crippen LogP contribution in [0.3, 0.4) is 0 Å². The smallest absolute Gasteiger partial charge is 0.324 e. The number of sulfonamides is 1. The Labute approximate surface area is 189 Å². The zero-order chi connectivity index (χ0) is 24.0. The number of amides is 2.